The van der Waals surface area contributed by atoms with Crippen LogP contribution in [0.1, 0.15) is 75.2 Å². The van der Waals surface area contributed by atoms with Gasteiger partial charge in [0, 0.05) is 12.7 Å². The van der Waals surface area contributed by atoms with Crippen LogP contribution in [0.15, 0.2) is 72.8 Å². The second-order valence-electron chi connectivity index (χ2n) is 14.7. The Morgan fingerprint density at radius 1 is 0.857 bits per heavy atom. The third-order valence-electron chi connectivity index (χ3n) is 8.78. The molecular weight excluding hydrogens is 557 g/mol. The molecule has 1 saturated heterocycles. The second kappa shape index (κ2) is 13.6. The first kappa shape index (κ1) is 34.9. The van der Waals surface area contributed by atoms with Crippen LogP contribution in [0.3, 0.4) is 0 Å². The van der Waals surface area contributed by atoms with Gasteiger partial charge in [0.1, 0.15) is 6.10 Å². The highest BCUT2D eigenvalue weighted by molar-refractivity contribution is 6.99. The molecule has 0 aromatic heterocycles. The van der Waals surface area contributed by atoms with Crippen LogP contribution in [-0.4, -0.2) is 58.6 Å². The minimum Gasteiger partial charge on any atom is -0.408 e. The Morgan fingerprint density at radius 3 is 1.83 bits per heavy atom. The summed E-state index contributed by atoms with van der Waals surface area (Å²) in [4.78, 5) is 0. The van der Waals surface area contributed by atoms with Gasteiger partial charge in [-0.25, -0.2) is 0 Å². The molecule has 0 spiro atoms. The van der Waals surface area contributed by atoms with Crippen molar-refractivity contribution in [2.75, 3.05) is 6.61 Å². The van der Waals surface area contributed by atoms with Crippen LogP contribution in [0.2, 0.25) is 23.2 Å². The van der Waals surface area contributed by atoms with Gasteiger partial charge in [0.2, 0.25) is 0 Å². The van der Waals surface area contributed by atoms with Crippen molar-refractivity contribution in [1.82, 2.24) is 0 Å². The first-order valence-corrected chi connectivity index (χ1v) is 20.3. The summed E-state index contributed by atoms with van der Waals surface area (Å²) in [6.07, 6.45) is 4.75. The Labute approximate surface area is 257 Å². The van der Waals surface area contributed by atoms with Crippen LogP contribution in [0.4, 0.5) is 0 Å². The van der Waals surface area contributed by atoms with E-state index in [0.717, 1.165) is 6.42 Å². The van der Waals surface area contributed by atoms with E-state index in [4.69, 9.17) is 18.3 Å². The molecule has 7 heteroatoms. The number of benzene rings is 2. The molecule has 42 heavy (non-hydrogen) atoms. The molecule has 0 bridgehead atoms. The molecule has 2 unspecified atom stereocenters. The molecule has 234 valence electrons. The Balaban J connectivity index is 1.93. The predicted molar refractivity (Wildman–Crippen MR) is 180 cm³/mol. The minimum atomic E-state index is -2.65. The van der Waals surface area contributed by atoms with Gasteiger partial charge in [0.25, 0.3) is 8.32 Å². The predicted octanol–water partition coefficient (Wildman–Crippen LogP) is 7.19. The zero-order valence-electron chi connectivity index (χ0n) is 27.9. The van der Waals surface area contributed by atoms with Crippen LogP contribution in [-0.2, 0) is 18.3 Å². The van der Waals surface area contributed by atoms with E-state index in [0.29, 0.717) is 6.42 Å². The molecule has 0 aliphatic carbocycles. The van der Waals surface area contributed by atoms with E-state index in [1.54, 1.807) is 0 Å². The standard InChI is InChI=1S/C35H56O5Si2/c1-27(39-42(34(5,6)7,28-20-14-12-15-21-28)29-22-16-13-17-23-29)19-18-24-31(40-41(10,11)33(2,3)4)32-30(25-26-36)37-35(8,9)38-32/h12-18,20-24,27,30-32,36H,19,25-26H2,1-11H3/b24-18-/t27?,30-,31?,32-/m0/s1. The van der Waals surface area contributed by atoms with Crippen molar-refractivity contribution in [3.8, 4) is 0 Å². The normalized spacial score (nSPS) is 21.5. The van der Waals surface area contributed by atoms with Crippen LogP contribution >= 0.6 is 0 Å². The lowest BCUT2D eigenvalue weighted by Gasteiger charge is -2.44. The molecule has 2 aromatic rings. The highest BCUT2D eigenvalue weighted by Gasteiger charge is 2.51. The van der Waals surface area contributed by atoms with Gasteiger partial charge in [-0.2, -0.15) is 0 Å². The molecule has 0 amide bonds. The van der Waals surface area contributed by atoms with E-state index >= 15 is 0 Å². The van der Waals surface area contributed by atoms with Crippen molar-refractivity contribution in [3.63, 3.8) is 0 Å². The summed E-state index contributed by atoms with van der Waals surface area (Å²) in [5.41, 5.74) is 0. The Kier molecular flexibility index (Phi) is 11.3. The van der Waals surface area contributed by atoms with Crippen molar-refractivity contribution in [1.29, 1.82) is 0 Å². The van der Waals surface area contributed by atoms with E-state index < -0.39 is 22.4 Å². The second-order valence-corrected chi connectivity index (χ2v) is 23.8. The lowest BCUT2D eigenvalue weighted by molar-refractivity contribution is -0.152. The first-order chi connectivity index (χ1) is 19.4. The minimum absolute atomic E-state index is 0.0218. The molecule has 1 aliphatic rings. The number of rotatable bonds is 12. The van der Waals surface area contributed by atoms with Gasteiger partial charge in [-0.05, 0) is 67.2 Å². The summed E-state index contributed by atoms with van der Waals surface area (Å²) in [7, 11) is -4.79. The van der Waals surface area contributed by atoms with E-state index in [-0.39, 0.29) is 41.1 Å². The molecule has 1 fully saturated rings. The van der Waals surface area contributed by atoms with Gasteiger partial charge < -0.3 is 23.4 Å². The number of aliphatic hydroxyl groups excluding tert-OH is 1. The summed E-state index contributed by atoms with van der Waals surface area (Å²) in [6, 6.07) is 21.6. The first-order valence-electron chi connectivity index (χ1n) is 15.5. The fourth-order valence-corrected chi connectivity index (χ4v) is 11.6. The highest BCUT2D eigenvalue weighted by atomic mass is 28.4. The average Bonchev–Trinajstić information content (AvgIpc) is 3.20. The maximum Gasteiger partial charge on any atom is 0.261 e. The summed E-state index contributed by atoms with van der Waals surface area (Å²) in [6.45, 7) is 24.3. The molecule has 0 radical (unpaired) electrons. The summed E-state index contributed by atoms with van der Waals surface area (Å²) < 4.78 is 26.9. The maximum absolute atomic E-state index is 9.77. The third kappa shape index (κ3) is 8.11. The largest absolute Gasteiger partial charge is 0.408 e. The van der Waals surface area contributed by atoms with E-state index in [2.05, 4.69) is 134 Å². The van der Waals surface area contributed by atoms with Gasteiger partial charge in [0.15, 0.2) is 14.1 Å². The third-order valence-corrected chi connectivity index (χ3v) is 18.4. The van der Waals surface area contributed by atoms with Crippen LogP contribution in [0, 0.1) is 0 Å². The van der Waals surface area contributed by atoms with Crippen molar-refractivity contribution in [2.24, 2.45) is 0 Å². The fraction of sp³-hybridized carbons (Fsp3) is 0.600. The Hall–Kier alpha value is -1.59. The van der Waals surface area contributed by atoms with E-state index in [1.807, 2.05) is 13.8 Å². The Morgan fingerprint density at radius 2 is 1.38 bits per heavy atom. The smallest absolute Gasteiger partial charge is 0.261 e. The number of hydrogen-bond donors (Lipinski definition) is 1. The van der Waals surface area contributed by atoms with Crippen molar-refractivity contribution in [2.45, 2.75) is 129 Å². The molecule has 1 heterocycles. The molecule has 4 atom stereocenters. The van der Waals surface area contributed by atoms with Gasteiger partial charge in [-0.3, -0.25) is 0 Å². The summed E-state index contributed by atoms with van der Waals surface area (Å²) in [5, 5.41) is 12.3. The van der Waals surface area contributed by atoms with Crippen LogP contribution in [0.25, 0.3) is 0 Å². The summed E-state index contributed by atoms with van der Waals surface area (Å²) >= 11 is 0. The molecule has 5 nitrogen and oxygen atoms in total. The number of aliphatic hydroxyl groups is 1. The zero-order chi connectivity index (χ0) is 31.4. The van der Waals surface area contributed by atoms with Gasteiger partial charge in [-0.1, -0.05) is 114 Å². The number of hydrogen-bond acceptors (Lipinski definition) is 5. The van der Waals surface area contributed by atoms with Crippen LogP contribution < -0.4 is 10.4 Å². The van der Waals surface area contributed by atoms with Crippen molar-refractivity contribution < 1.29 is 23.4 Å². The molecule has 0 saturated carbocycles. The fourth-order valence-electron chi connectivity index (χ4n) is 5.67. The average molecular weight is 613 g/mol. The molecule has 3 rings (SSSR count). The van der Waals surface area contributed by atoms with Gasteiger partial charge >= 0.3 is 0 Å². The molecule has 1 aliphatic heterocycles. The molecular formula is C35H56O5Si2. The van der Waals surface area contributed by atoms with Gasteiger partial charge in [-0.15, -0.1) is 0 Å². The monoisotopic (exact) mass is 612 g/mol. The highest BCUT2D eigenvalue weighted by Crippen LogP contribution is 2.41. The van der Waals surface area contributed by atoms with Crippen molar-refractivity contribution >= 4 is 27.0 Å². The maximum atomic E-state index is 9.77. The zero-order valence-corrected chi connectivity index (χ0v) is 29.9. The van der Waals surface area contributed by atoms with Gasteiger partial charge in [0.05, 0.1) is 12.2 Å². The lowest BCUT2D eigenvalue weighted by Crippen LogP contribution is -2.67. The van der Waals surface area contributed by atoms with Crippen LogP contribution in [0.5, 0.6) is 0 Å². The SMILES string of the molecule is CC(C/C=C\C(O[Si](C)(C)C(C)(C)C)[C@H]1OC(C)(C)O[C@H]1CCO)O[Si](c1ccccc1)(c1ccccc1)C(C)(C)C. The summed E-state index contributed by atoms with van der Waals surface area (Å²) in [5.74, 6) is -0.729. The quantitative estimate of drug-likeness (QED) is 0.203. The van der Waals surface area contributed by atoms with Crippen molar-refractivity contribution in [3.05, 3.63) is 72.8 Å². The lowest BCUT2D eigenvalue weighted by atomic mass is 10.0. The molecule has 1 N–H and O–H groups in total. The van der Waals surface area contributed by atoms with E-state index in [1.165, 1.54) is 10.4 Å². The van der Waals surface area contributed by atoms with E-state index in [9.17, 15) is 5.11 Å². The topological polar surface area (TPSA) is 57.2 Å². The molecule has 2 aromatic carbocycles. The Bertz CT molecular complexity index is 1100. The number of ether oxygens (including phenoxy) is 2.